The summed E-state index contributed by atoms with van der Waals surface area (Å²) in [6.45, 7) is 2.04. The molecular weight excluding hydrogens is 400 g/mol. The third-order valence-electron chi connectivity index (χ3n) is 5.17. The highest BCUT2D eigenvalue weighted by Crippen LogP contribution is 2.42. The standard InChI is InChI=1S/C24H19ClN2O3/c1-2-15-8-10-16(11-9-15)22(28)20-21(17-5-4-12-26-14-17)27(24(30)23(20)29)19-7-3-6-18(25)13-19/h3-14,21,28H,2H2,1H3/b22-20+. The fourth-order valence-corrected chi connectivity index (χ4v) is 3.82. The van der Waals surface area contributed by atoms with Crippen LogP contribution in [-0.2, 0) is 16.0 Å². The van der Waals surface area contributed by atoms with Gasteiger partial charge in [-0.15, -0.1) is 0 Å². The summed E-state index contributed by atoms with van der Waals surface area (Å²) in [5, 5.41) is 11.5. The van der Waals surface area contributed by atoms with Crippen molar-refractivity contribution in [2.45, 2.75) is 19.4 Å². The second-order valence-electron chi connectivity index (χ2n) is 6.99. The van der Waals surface area contributed by atoms with Gasteiger partial charge in [0.05, 0.1) is 11.6 Å². The van der Waals surface area contributed by atoms with Gasteiger partial charge in [-0.3, -0.25) is 19.5 Å². The van der Waals surface area contributed by atoms with Crippen molar-refractivity contribution in [2.75, 3.05) is 4.90 Å². The molecule has 0 radical (unpaired) electrons. The molecule has 150 valence electrons. The number of rotatable bonds is 4. The van der Waals surface area contributed by atoms with Gasteiger partial charge in [-0.05, 0) is 41.8 Å². The Morgan fingerprint density at radius 3 is 2.50 bits per heavy atom. The van der Waals surface area contributed by atoms with E-state index in [4.69, 9.17) is 11.6 Å². The molecule has 0 aliphatic carbocycles. The second-order valence-corrected chi connectivity index (χ2v) is 7.42. The minimum atomic E-state index is -0.817. The lowest BCUT2D eigenvalue weighted by molar-refractivity contribution is -0.132. The van der Waals surface area contributed by atoms with Crippen LogP contribution in [0.2, 0.25) is 5.02 Å². The number of amides is 1. The number of Topliss-reactive ketones (excluding diaryl/α,β-unsaturated/α-hetero) is 1. The second kappa shape index (κ2) is 8.13. The van der Waals surface area contributed by atoms with E-state index < -0.39 is 17.7 Å². The normalized spacial score (nSPS) is 18.1. The van der Waals surface area contributed by atoms with E-state index in [1.165, 1.54) is 4.90 Å². The zero-order valence-corrected chi connectivity index (χ0v) is 17.0. The molecule has 1 fully saturated rings. The summed E-state index contributed by atoms with van der Waals surface area (Å²) in [5.41, 5.74) is 2.69. The van der Waals surface area contributed by atoms with Crippen molar-refractivity contribution in [3.05, 3.63) is 100 Å². The van der Waals surface area contributed by atoms with Crippen molar-refractivity contribution in [2.24, 2.45) is 0 Å². The van der Waals surface area contributed by atoms with Gasteiger partial charge in [-0.1, -0.05) is 54.9 Å². The van der Waals surface area contributed by atoms with Gasteiger partial charge < -0.3 is 5.11 Å². The molecule has 2 aromatic carbocycles. The van der Waals surface area contributed by atoms with Gasteiger partial charge >= 0.3 is 0 Å². The quantitative estimate of drug-likeness (QED) is 0.370. The summed E-state index contributed by atoms with van der Waals surface area (Å²) in [6, 6.07) is 16.7. The van der Waals surface area contributed by atoms with E-state index in [-0.39, 0.29) is 11.3 Å². The highest BCUT2D eigenvalue weighted by molar-refractivity contribution is 6.51. The van der Waals surface area contributed by atoms with Crippen molar-refractivity contribution in [3.8, 4) is 0 Å². The number of pyridine rings is 1. The predicted molar refractivity (Wildman–Crippen MR) is 116 cm³/mol. The molecule has 1 atom stereocenters. The van der Waals surface area contributed by atoms with Gasteiger partial charge in [0, 0.05) is 28.7 Å². The van der Waals surface area contributed by atoms with Gasteiger partial charge in [0.2, 0.25) is 0 Å². The number of benzene rings is 2. The Bertz CT molecular complexity index is 1140. The van der Waals surface area contributed by atoms with Crippen molar-refractivity contribution in [3.63, 3.8) is 0 Å². The molecule has 2 heterocycles. The van der Waals surface area contributed by atoms with Crippen LogP contribution < -0.4 is 4.90 Å². The lowest BCUT2D eigenvalue weighted by Gasteiger charge is -2.25. The van der Waals surface area contributed by atoms with Crippen LogP contribution in [-0.4, -0.2) is 21.8 Å². The molecule has 1 aliphatic heterocycles. The van der Waals surface area contributed by atoms with Crippen LogP contribution in [0.15, 0.2) is 78.6 Å². The summed E-state index contributed by atoms with van der Waals surface area (Å²) < 4.78 is 0. The van der Waals surface area contributed by atoms with E-state index in [0.29, 0.717) is 21.8 Å². The van der Waals surface area contributed by atoms with E-state index >= 15 is 0 Å². The molecule has 3 aromatic rings. The number of aryl methyl sites for hydroxylation is 1. The molecule has 1 saturated heterocycles. The number of aliphatic hydroxyl groups is 1. The average molecular weight is 419 g/mol. The van der Waals surface area contributed by atoms with Gasteiger partial charge in [0.25, 0.3) is 11.7 Å². The van der Waals surface area contributed by atoms with E-state index in [1.54, 1.807) is 60.9 Å². The minimum absolute atomic E-state index is 0.0252. The van der Waals surface area contributed by atoms with E-state index in [2.05, 4.69) is 4.98 Å². The number of hydrogen-bond acceptors (Lipinski definition) is 4. The van der Waals surface area contributed by atoms with Gasteiger partial charge in [-0.25, -0.2) is 0 Å². The zero-order valence-electron chi connectivity index (χ0n) is 16.2. The monoisotopic (exact) mass is 418 g/mol. The first-order chi connectivity index (χ1) is 14.5. The van der Waals surface area contributed by atoms with Crippen LogP contribution in [0.25, 0.3) is 5.76 Å². The maximum Gasteiger partial charge on any atom is 0.300 e. The summed E-state index contributed by atoms with van der Waals surface area (Å²) in [7, 11) is 0. The molecule has 1 aromatic heterocycles. The molecule has 0 saturated carbocycles. The molecule has 4 rings (SSSR count). The number of ketones is 1. The van der Waals surface area contributed by atoms with Crippen LogP contribution in [0.4, 0.5) is 5.69 Å². The Hall–Kier alpha value is -3.44. The highest BCUT2D eigenvalue weighted by atomic mass is 35.5. The maximum atomic E-state index is 13.0. The van der Waals surface area contributed by atoms with Crippen LogP contribution in [0.5, 0.6) is 0 Å². The molecule has 5 nitrogen and oxygen atoms in total. The number of carbonyl (C=O) groups is 2. The van der Waals surface area contributed by atoms with Gasteiger partial charge in [0.15, 0.2) is 0 Å². The topological polar surface area (TPSA) is 70.5 Å². The SMILES string of the molecule is CCc1ccc(/C(O)=C2\C(=O)C(=O)N(c3cccc(Cl)c3)C2c2cccnc2)cc1. The molecule has 6 heteroatoms. The zero-order chi connectivity index (χ0) is 21.3. The maximum absolute atomic E-state index is 13.0. The third-order valence-corrected chi connectivity index (χ3v) is 5.40. The summed E-state index contributed by atoms with van der Waals surface area (Å²) in [4.78, 5) is 31.5. The van der Waals surface area contributed by atoms with Gasteiger partial charge in [-0.2, -0.15) is 0 Å². The smallest absolute Gasteiger partial charge is 0.300 e. The Morgan fingerprint density at radius 1 is 1.10 bits per heavy atom. The molecule has 0 spiro atoms. The van der Waals surface area contributed by atoms with Crippen molar-refractivity contribution in [1.82, 2.24) is 4.98 Å². The fourth-order valence-electron chi connectivity index (χ4n) is 3.63. The Balaban J connectivity index is 1.92. The largest absolute Gasteiger partial charge is 0.507 e. The lowest BCUT2D eigenvalue weighted by Crippen LogP contribution is -2.29. The first kappa shape index (κ1) is 19.9. The van der Waals surface area contributed by atoms with E-state index in [0.717, 1.165) is 12.0 Å². The van der Waals surface area contributed by atoms with Gasteiger partial charge in [0.1, 0.15) is 5.76 Å². The van der Waals surface area contributed by atoms with Crippen LogP contribution in [0.1, 0.15) is 29.7 Å². The van der Waals surface area contributed by atoms with Crippen LogP contribution in [0, 0.1) is 0 Å². The van der Waals surface area contributed by atoms with E-state index in [9.17, 15) is 14.7 Å². The molecule has 1 amide bonds. The van der Waals surface area contributed by atoms with Crippen molar-refractivity contribution < 1.29 is 14.7 Å². The number of anilines is 1. The number of nitrogens with zero attached hydrogens (tertiary/aromatic N) is 2. The third kappa shape index (κ3) is 3.48. The Kier molecular flexibility index (Phi) is 5.38. The number of hydrogen-bond donors (Lipinski definition) is 1. The Morgan fingerprint density at radius 2 is 1.87 bits per heavy atom. The fraction of sp³-hybridized carbons (Fsp3) is 0.125. The molecule has 1 N–H and O–H groups in total. The van der Waals surface area contributed by atoms with Crippen molar-refractivity contribution >= 4 is 34.7 Å². The lowest BCUT2D eigenvalue weighted by atomic mass is 9.95. The summed E-state index contributed by atoms with van der Waals surface area (Å²) in [5.74, 6) is -1.69. The molecule has 1 aliphatic rings. The first-order valence-corrected chi connectivity index (χ1v) is 9.95. The molecule has 0 bridgehead atoms. The number of carbonyl (C=O) groups excluding carboxylic acids is 2. The average Bonchev–Trinajstić information content (AvgIpc) is 3.04. The summed E-state index contributed by atoms with van der Waals surface area (Å²) >= 11 is 6.13. The number of aliphatic hydroxyl groups excluding tert-OH is 1. The highest BCUT2D eigenvalue weighted by Gasteiger charge is 2.47. The van der Waals surface area contributed by atoms with E-state index in [1.807, 2.05) is 19.1 Å². The predicted octanol–water partition coefficient (Wildman–Crippen LogP) is 4.92. The molecule has 30 heavy (non-hydrogen) atoms. The number of halogens is 1. The van der Waals surface area contributed by atoms with Crippen LogP contribution >= 0.6 is 11.6 Å². The van der Waals surface area contributed by atoms with Crippen molar-refractivity contribution in [1.29, 1.82) is 0 Å². The first-order valence-electron chi connectivity index (χ1n) is 9.57. The van der Waals surface area contributed by atoms with Crippen LogP contribution in [0.3, 0.4) is 0 Å². The molecular formula is C24H19ClN2O3. The number of aromatic nitrogens is 1. The Labute approximate surface area is 179 Å². The summed E-state index contributed by atoms with van der Waals surface area (Å²) in [6.07, 6.45) is 4.05. The molecule has 1 unspecified atom stereocenters. The minimum Gasteiger partial charge on any atom is -0.507 e.